The summed E-state index contributed by atoms with van der Waals surface area (Å²) in [5, 5.41) is 2.88. The van der Waals surface area contributed by atoms with Crippen molar-refractivity contribution in [2.45, 2.75) is 22.1 Å². The zero-order chi connectivity index (χ0) is 16.2. The summed E-state index contributed by atoms with van der Waals surface area (Å²) in [6, 6.07) is 3.15. The van der Waals surface area contributed by atoms with Gasteiger partial charge in [0.15, 0.2) is 0 Å². The molecule has 1 fully saturated rings. The molecule has 122 valence electrons. The molecular weight excluding hydrogens is 326 g/mol. The number of amides is 1. The van der Waals surface area contributed by atoms with Gasteiger partial charge in [0.05, 0.1) is 23.5 Å². The minimum Gasteiger partial charge on any atom is -0.379 e. The number of pyridine rings is 1. The van der Waals surface area contributed by atoms with Crippen molar-refractivity contribution < 1.29 is 17.9 Å². The second-order valence-corrected chi connectivity index (χ2v) is 8.02. The number of carbonyl (C=O) groups is 1. The van der Waals surface area contributed by atoms with Gasteiger partial charge in [0.2, 0.25) is 15.9 Å². The first-order chi connectivity index (χ1) is 10.4. The molecule has 0 aliphatic carbocycles. The molecule has 1 aromatic rings. The maximum absolute atomic E-state index is 12.4. The molecule has 1 saturated heterocycles. The van der Waals surface area contributed by atoms with Crippen molar-refractivity contribution in [3.05, 3.63) is 18.3 Å². The summed E-state index contributed by atoms with van der Waals surface area (Å²) in [5.41, 5.74) is 0. The van der Waals surface area contributed by atoms with Crippen LogP contribution in [0.3, 0.4) is 0 Å². The molecule has 22 heavy (non-hydrogen) atoms. The Kier molecular flexibility index (Phi) is 5.79. The summed E-state index contributed by atoms with van der Waals surface area (Å²) in [6.45, 7) is 3.29. The SMILES string of the molecule is CNC(=O)[C@@H](C)Sc1ccc(S(=O)(=O)N2CCOCC2)cn1. The highest BCUT2D eigenvalue weighted by Gasteiger charge is 2.26. The third-order valence-electron chi connectivity index (χ3n) is 3.23. The van der Waals surface area contributed by atoms with Gasteiger partial charge in [-0.25, -0.2) is 13.4 Å². The largest absolute Gasteiger partial charge is 0.379 e. The van der Waals surface area contributed by atoms with Crippen LogP contribution in [0.15, 0.2) is 28.3 Å². The van der Waals surface area contributed by atoms with E-state index in [0.29, 0.717) is 31.3 Å². The second-order valence-electron chi connectivity index (χ2n) is 4.72. The number of hydrogen-bond donors (Lipinski definition) is 1. The van der Waals surface area contributed by atoms with Crippen LogP contribution >= 0.6 is 11.8 Å². The lowest BCUT2D eigenvalue weighted by Gasteiger charge is -2.25. The fourth-order valence-electron chi connectivity index (χ4n) is 1.96. The lowest BCUT2D eigenvalue weighted by Crippen LogP contribution is -2.40. The van der Waals surface area contributed by atoms with E-state index in [9.17, 15) is 13.2 Å². The van der Waals surface area contributed by atoms with E-state index >= 15 is 0 Å². The van der Waals surface area contributed by atoms with E-state index in [1.807, 2.05) is 0 Å². The lowest BCUT2D eigenvalue weighted by molar-refractivity contribution is -0.119. The Morgan fingerprint density at radius 1 is 1.41 bits per heavy atom. The van der Waals surface area contributed by atoms with E-state index in [-0.39, 0.29) is 16.1 Å². The molecule has 0 radical (unpaired) electrons. The van der Waals surface area contributed by atoms with Crippen molar-refractivity contribution in [2.24, 2.45) is 0 Å². The van der Waals surface area contributed by atoms with Crippen LogP contribution in [0.5, 0.6) is 0 Å². The summed E-state index contributed by atoms with van der Waals surface area (Å²) >= 11 is 1.28. The van der Waals surface area contributed by atoms with Gasteiger partial charge in [0.1, 0.15) is 4.90 Å². The number of rotatable bonds is 5. The maximum Gasteiger partial charge on any atom is 0.244 e. The molecule has 1 amide bonds. The average Bonchev–Trinajstić information content (AvgIpc) is 2.55. The molecule has 0 spiro atoms. The number of nitrogens with one attached hydrogen (secondary N) is 1. The third-order valence-corrected chi connectivity index (χ3v) is 6.16. The Morgan fingerprint density at radius 2 is 2.09 bits per heavy atom. The predicted molar refractivity (Wildman–Crippen MR) is 83.2 cm³/mol. The molecule has 2 rings (SSSR count). The number of aromatic nitrogens is 1. The molecule has 1 atom stereocenters. The van der Waals surface area contributed by atoms with Crippen LogP contribution in [0.2, 0.25) is 0 Å². The van der Waals surface area contributed by atoms with Crippen LogP contribution in [0.4, 0.5) is 0 Å². The molecule has 0 bridgehead atoms. The standard InChI is InChI=1S/C13H19N3O4S2/c1-10(13(17)14-2)21-12-4-3-11(9-15-12)22(18,19)16-5-7-20-8-6-16/h3-4,9-10H,5-8H2,1-2H3,(H,14,17)/t10-/m1/s1. The van der Waals surface area contributed by atoms with Crippen molar-refractivity contribution in [1.82, 2.24) is 14.6 Å². The Bertz CT molecular complexity index is 613. The number of ether oxygens (including phenoxy) is 1. The van der Waals surface area contributed by atoms with Crippen LogP contribution in [0, 0.1) is 0 Å². The number of hydrogen-bond acceptors (Lipinski definition) is 6. The fourth-order valence-corrected chi connectivity index (χ4v) is 4.16. The highest BCUT2D eigenvalue weighted by molar-refractivity contribution is 8.00. The highest BCUT2D eigenvalue weighted by atomic mass is 32.2. The fraction of sp³-hybridized carbons (Fsp3) is 0.538. The van der Waals surface area contributed by atoms with Crippen molar-refractivity contribution in [3.8, 4) is 0 Å². The quantitative estimate of drug-likeness (QED) is 0.774. The number of nitrogens with zero attached hydrogens (tertiary/aromatic N) is 2. The number of morpholine rings is 1. The van der Waals surface area contributed by atoms with E-state index in [2.05, 4.69) is 10.3 Å². The number of carbonyl (C=O) groups excluding carboxylic acids is 1. The van der Waals surface area contributed by atoms with Gasteiger partial charge in [-0.05, 0) is 19.1 Å². The summed E-state index contributed by atoms with van der Waals surface area (Å²) < 4.78 is 31.4. The van der Waals surface area contributed by atoms with Crippen molar-refractivity contribution >= 4 is 27.7 Å². The predicted octanol–water partition coefficient (Wildman–Crippen LogP) is 0.329. The average molecular weight is 345 g/mol. The third kappa shape index (κ3) is 3.97. The monoisotopic (exact) mass is 345 g/mol. The van der Waals surface area contributed by atoms with Gasteiger partial charge >= 0.3 is 0 Å². The normalized spacial score (nSPS) is 17.9. The molecule has 2 heterocycles. The molecule has 1 aromatic heterocycles. The van der Waals surface area contributed by atoms with Crippen LogP contribution in [0.25, 0.3) is 0 Å². The molecule has 9 heteroatoms. The van der Waals surface area contributed by atoms with Gasteiger partial charge in [0, 0.05) is 26.3 Å². The van der Waals surface area contributed by atoms with Gasteiger partial charge in [-0.3, -0.25) is 4.79 Å². The maximum atomic E-state index is 12.4. The van der Waals surface area contributed by atoms with E-state index in [1.165, 1.54) is 28.3 Å². The first kappa shape index (κ1) is 17.2. The molecule has 7 nitrogen and oxygen atoms in total. The molecule has 1 aliphatic rings. The highest BCUT2D eigenvalue weighted by Crippen LogP contribution is 2.23. The molecule has 1 aliphatic heterocycles. The van der Waals surface area contributed by atoms with Gasteiger partial charge in [-0.15, -0.1) is 0 Å². The molecular formula is C13H19N3O4S2. The summed E-state index contributed by atoms with van der Waals surface area (Å²) in [7, 11) is -1.95. The Morgan fingerprint density at radius 3 is 2.64 bits per heavy atom. The van der Waals surface area contributed by atoms with E-state index in [0.717, 1.165) is 0 Å². The minimum atomic E-state index is -3.53. The van der Waals surface area contributed by atoms with Crippen molar-refractivity contribution in [1.29, 1.82) is 0 Å². The Hall–Kier alpha value is -1.16. The van der Waals surface area contributed by atoms with Gasteiger partial charge in [-0.2, -0.15) is 4.31 Å². The van der Waals surface area contributed by atoms with Crippen LogP contribution < -0.4 is 5.32 Å². The molecule has 0 saturated carbocycles. The van der Waals surface area contributed by atoms with Crippen LogP contribution in [-0.2, 0) is 19.6 Å². The second kappa shape index (κ2) is 7.40. The summed E-state index contributed by atoms with van der Waals surface area (Å²) in [4.78, 5) is 15.8. The molecule has 1 N–H and O–H groups in total. The molecule has 0 aromatic carbocycles. The van der Waals surface area contributed by atoms with Crippen molar-refractivity contribution in [3.63, 3.8) is 0 Å². The Labute approximate surface area is 134 Å². The Balaban J connectivity index is 2.09. The topological polar surface area (TPSA) is 88.6 Å². The number of sulfonamides is 1. The smallest absolute Gasteiger partial charge is 0.244 e. The minimum absolute atomic E-state index is 0.100. The van der Waals surface area contributed by atoms with Gasteiger partial charge in [0.25, 0.3) is 0 Å². The van der Waals surface area contributed by atoms with Gasteiger partial charge in [-0.1, -0.05) is 11.8 Å². The summed E-state index contributed by atoms with van der Waals surface area (Å²) in [6.07, 6.45) is 1.34. The first-order valence-corrected chi connectivity index (χ1v) is 9.19. The van der Waals surface area contributed by atoms with Crippen LogP contribution in [0.1, 0.15) is 6.92 Å². The van der Waals surface area contributed by atoms with E-state index in [4.69, 9.17) is 4.74 Å². The molecule has 0 unspecified atom stereocenters. The van der Waals surface area contributed by atoms with Gasteiger partial charge < -0.3 is 10.1 Å². The lowest BCUT2D eigenvalue weighted by atomic mass is 10.4. The van der Waals surface area contributed by atoms with Crippen molar-refractivity contribution in [2.75, 3.05) is 33.4 Å². The van der Waals surface area contributed by atoms with E-state index < -0.39 is 10.0 Å². The number of thioether (sulfide) groups is 1. The van der Waals surface area contributed by atoms with Crippen LogP contribution in [-0.4, -0.2) is 62.2 Å². The first-order valence-electron chi connectivity index (χ1n) is 6.87. The zero-order valence-electron chi connectivity index (χ0n) is 12.5. The van der Waals surface area contributed by atoms with E-state index in [1.54, 1.807) is 20.0 Å². The summed E-state index contributed by atoms with van der Waals surface area (Å²) in [5.74, 6) is -0.100. The zero-order valence-corrected chi connectivity index (χ0v) is 14.1.